The lowest BCUT2D eigenvalue weighted by Crippen LogP contribution is -2.25. The van der Waals surface area contributed by atoms with Gasteiger partial charge < -0.3 is 10.1 Å². The number of ether oxygens (including phenoxy) is 1. The van der Waals surface area contributed by atoms with Crippen LogP contribution in [0.1, 0.15) is 15.9 Å². The van der Waals surface area contributed by atoms with Crippen LogP contribution in [0.5, 0.6) is 0 Å². The molecule has 1 aromatic heterocycles. The van der Waals surface area contributed by atoms with Gasteiger partial charge in [0.05, 0.1) is 17.8 Å². The Hall–Kier alpha value is -3.44. The van der Waals surface area contributed by atoms with Crippen molar-refractivity contribution in [3.8, 4) is 11.3 Å². The summed E-state index contributed by atoms with van der Waals surface area (Å²) in [5, 5.41) is 8.53. The van der Waals surface area contributed by atoms with Crippen LogP contribution in [0.15, 0.2) is 78.9 Å². The summed E-state index contributed by atoms with van der Waals surface area (Å²) in [5.41, 5.74) is 4.44. The quantitative estimate of drug-likeness (QED) is 0.520. The fraction of sp³-hybridized carbons (Fsp3) is 0.130. The zero-order chi connectivity index (χ0) is 19.3. The molecule has 0 unspecified atom stereocenters. The lowest BCUT2D eigenvalue weighted by Gasteiger charge is -2.08. The molecule has 4 rings (SSSR count). The number of fused-ring (bicyclic) bond motifs is 1. The molecule has 3 aromatic carbocycles. The van der Waals surface area contributed by atoms with Gasteiger partial charge in [0, 0.05) is 18.1 Å². The number of hydrogen-bond donors (Lipinski definition) is 1. The van der Waals surface area contributed by atoms with E-state index in [9.17, 15) is 4.79 Å². The lowest BCUT2D eigenvalue weighted by atomic mass is 10.0. The van der Waals surface area contributed by atoms with Crippen LogP contribution in [0.2, 0.25) is 0 Å². The van der Waals surface area contributed by atoms with Crippen molar-refractivity contribution in [1.29, 1.82) is 0 Å². The number of amides is 1. The molecule has 0 spiro atoms. The molecular weight excluding hydrogens is 350 g/mol. The van der Waals surface area contributed by atoms with Gasteiger partial charge in [-0.05, 0) is 11.6 Å². The van der Waals surface area contributed by atoms with Crippen LogP contribution in [0, 0.1) is 0 Å². The van der Waals surface area contributed by atoms with Crippen molar-refractivity contribution < 1.29 is 9.53 Å². The maximum absolute atomic E-state index is 12.6. The fourth-order valence-electron chi connectivity index (χ4n) is 3.34. The average molecular weight is 371 g/mol. The maximum atomic E-state index is 12.6. The van der Waals surface area contributed by atoms with Crippen LogP contribution in [0.3, 0.4) is 0 Å². The van der Waals surface area contributed by atoms with Gasteiger partial charge in [-0.15, -0.1) is 0 Å². The van der Waals surface area contributed by atoms with Crippen molar-refractivity contribution in [1.82, 2.24) is 15.1 Å². The minimum absolute atomic E-state index is 0.158. The second-order valence-electron chi connectivity index (χ2n) is 6.50. The molecule has 5 heteroatoms. The molecule has 28 heavy (non-hydrogen) atoms. The van der Waals surface area contributed by atoms with Crippen LogP contribution < -0.4 is 5.32 Å². The maximum Gasteiger partial charge on any atom is 0.255 e. The van der Waals surface area contributed by atoms with Crippen molar-refractivity contribution in [2.45, 2.75) is 6.54 Å². The van der Waals surface area contributed by atoms with E-state index in [-0.39, 0.29) is 12.6 Å². The first-order chi connectivity index (χ1) is 13.8. The standard InChI is InChI=1S/C23H21N3O2/c1-28-16-24-23(27)20-14-8-13-19-21(20)25-26(15-17-9-4-2-5-10-17)22(19)18-11-6-3-7-12-18/h2-14H,15-16H2,1H3,(H,24,27). The van der Waals surface area contributed by atoms with E-state index in [0.29, 0.717) is 17.6 Å². The number of carbonyl (C=O) groups excluding carboxylic acids is 1. The van der Waals surface area contributed by atoms with E-state index < -0.39 is 0 Å². The molecule has 0 fully saturated rings. The number of benzene rings is 3. The first-order valence-electron chi connectivity index (χ1n) is 9.14. The summed E-state index contributed by atoms with van der Waals surface area (Å²) in [4.78, 5) is 12.6. The van der Waals surface area contributed by atoms with Crippen LogP contribution >= 0.6 is 0 Å². The Kier molecular flexibility index (Phi) is 5.17. The van der Waals surface area contributed by atoms with Gasteiger partial charge in [0.15, 0.2) is 0 Å². The van der Waals surface area contributed by atoms with Crippen molar-refractivity contribution in [2.75, 3.05) is 13.8 Å². The van der Waals surface area contributed by atoms with E-state index in [4.69, 9.17) is 9.84 Å². The van der Waals surface area contributed by atoms with Gasteiger partial charge in [-0.1, -0.05) is 72.8 Å². The Morgan fingerprint density at radius 1 is 0.964 bits per heavy atom. The molecule has 0 saturated heterocycles. The molecule has 0 atom stereocenters. The Morgan fingerprint density at radius 3 is 2.39 bits per heavy atom. The Morgan fingerprint density at radius 2 is 1.68 bits per heavy atom. The first-order valence-corrected chi connectivity index (χ1v) is 9.14. The highest BCUT2D eigenvalue weighted by Gasteiger charge is 2.19. The van der Waals surface area contributed by atoms with Crippen LogP contribution in [0.4, 0.5) is 0 Å². The predicted octanol–water partition coefficient (Wildman–Crippen LogP) is 4.09. The van der Waals surface area contributed by atoms with E-state index in [1.807, 2.05) is 53.2 Å². The summed E-state index contributed by atoms with van der Waals surface area (Å²) < 4.78 is 6.94. The molecular formula is C23H21N3O2. The highest BCUT2D eigenvalue weighted by molar-refractivity contribution is 6.08. The Bertz CT molecular complexity index is 1090. The number of nitrogens with zero attached hydrogens (tertiary/aromatic N) is 2. The van der Waals surface area contributed by atoms with Crippen LogP contribution in [-0.4, -0.2) is 29.5 Å². The van der Waals surface area contributed by atoms with E-state index in [1.165, 1.54) is 0 Å². The Balaban J connectivity index is 1.88. The summed E-state index contributed by atoms with van der Waals surface area (Å²) in [7, 11) is 1.54. The lowest BCUT2D eigenvalue weighted by molar-refractivity contribution is 0.0873. The number of nitrogens with one attached hydrogen (secondary N) is 1. The van der Waals surface area contributed by atoms with Gasteiger partial charge in [-0.3, -0.25) is 9.48 Å². The SMILES string of the molecule is COCNC(=O)c1cccc2c(-c3ccccc3)n(Cc3ccccc3)nc12. The summed E-state index contributed by atoms with van der Waals surface area (Å²) in [5.74, 6) is -0.198. The van der Waals surface area contributed by atoms with Gasteiger partial charge in [0.2, 0.25) is 0 Å². The van der Waals surface area contributed by atoms with E-state index in [2.05, 4.69) is 29.6 Å². The highest BCUT2D eigenvalue weighted by Crippen LogP contribution is 2.31. The number of rotatable bonds is 6. The van der Waals surface area contributed by atoms with Crippen molar-refractivity contribution in [2.24, 2.45) is 0 Å². The third-order valence-corrected chi connectivity index (χ3v) is 4.61. The van der Waals surface area contributed by atoms with E-state index >= 15 is 0 Å². The number of carbonyl (C=O) groups is 1. The summed E-state index contributed by atoms with van der Waals surface area (Å²) >= 11 is 0. The molecule has 1 amide bonds. The van der Waals surface area contributed by atoms with Gasteiger partial charge in [0.25, 0.3) is 5.91 Å². The summed E-state index contributed by atoms with van der Waals surface area (Å²) in [6, 6.07) is 26.0. The van der Waals surface area contributed by atoms with Gasteiger partial charge in [0.1, 0.15) is 12.2 Å². The molecule has 140 valence electrons. The minimum Gasteiger partial charge on any atom is -0.364 e. The van der Waals surface area contributed by atoms with E-state index in [0.717, 1.165) is 22.2 Å². The molecule has 4 aromatic rings. The number of hydrogen-bond acceptors (Lipinski definition) is 3. The molecule has 0 aliphatic heterocycles. The summed E-state index contributed by atoms with van der Waals surface area (Å²) in [6.45, 7) is 0.782. The van der Waals surface area contributed by atoms with Crippen LogP contribution in [-0.2, 0) is 11.3 Å². The molecule has 0 saturated carbocycles. The molecule has 0 aliphatic rings. The zero-order valence-corrected chi connectivity index (χ0v) is 15.6. The largest absolute Gasteiger partial charge is 0.364 e. The molecule has 1 heterocycles. The molecule has 0 bridgehead atoms. The number of methoxy groups -OCH3 is 1. The van der Waals surface area contributed by atoms with Crippen LogP contribution in [0.25, 0.3) is 22.2 Å². The van der Waals surface area contributed by atoms with Crippen molar-refractivity contribution in [3.63, 3.8) is 0 Å². The third-order valence-electron chi connectivity index (χ3n) is 4.61. The second-order valence-corrected chi connectivity index (χ2v) is 6.50. The third kappa shape index (κ3) is 3.52. The first kappa shape index (κ1) is 17.9. The fourth-order valence-corrected chi connectivity index (χ4v) is 3.34. The minimum atomic E-state index is -0.198. The van der Waals surface area contributed by atoms with Gasteiger partial charge >= 0.3 is 0 Å². The van der Waals surface area contributed by atoms with E-state index in [1.54, 1.807) is 13.2 Å². The predicted molar refractivity (Wildman–Crippen MR) is 110 cm³/mol. The van der Waals surface area contributed by atoms with Crippen molar-refractivity contribution in [3.05, 3.63) is 90.0 Å². The van der Waals surface area contributed by atoms with Gasteiger partial charge in [-0.2, -0.15) is 5.10 Å². The van der Waals surface area contributed by atoms with Crippen molar-refractivity contribution >= 4 is 16.8 Å². The second kappa shape index (κ2) is 8.06. The Labute approximate surface area is 163 Å². The topological polar surface area (TPSA) is 56.1 Å². The zero-order valence-electron chi connectivity index (χ0n) is 15.6. The monoisotopic (exact) mass is 371 g/mol. The summed E-state index contributed by atoms with van der Waals surface area (Å²) in [6.07, 6.45) is 0. The van der Waals surface area contributed by atoms with Gasteiger partial charge in [-0.25, -0.2) is 0 Å². The molecule has 0 radical (unpaired) electrons. The molecule has 0 aliphatic carbocycles. The molecule has 5 nitrogen and oxygen atoms in total. The smallest absolute Gasteiger partial charge is 0.255 e. The molecule has 1 N–H and O–H groups in total. The average Bonchev–Trinajstić information content (AvgIpc) is 3.11. The number of aromatic nitrogens is 2. The highest BCUT2D eigenvalue weighted by atomic mass is 16.5. The normalized spacial score (nSPS) is 10.9.